The van der Waals surface area contributed by atoms with Gasteiger partial charge in [-0.1, -0.05) is 13.8 Å². The molecule has 2 fully saturated rings. The first-order valence-corrected chi connectivity index (χ1v) is 7.42. The van der Waals surface area contributed by atoms with Crippen LogP contribution in [0.4, 0.5) is 0 Å². The zero-order chi connectivity index (χ0) is 12.3. The van der Waals surface area contributed by atoms with Gasteiger partial charge in [-0.15, -0.1) is 0 Å². The molecule has 2 atom stereocenters. The lowest BCUT2D eigenvalue weighted by Gasteiger charge is -2.43. The predicted octanol–water partition coefficient (Wildman–Crippen LogP) is 1.53. The summed E-state index contributed by atoms with van der Waals surface area (Å²) in [6.07, 6.45) is 5.27. The van der Waals surface area contributed by atoms with Gasteiger partial charge in [0.1, 0.15) is 0 Å². The van der Waals surface area contributed by atoms with E-state index >= 15 is 0 Å². The summed E-state index contributed by atoms with van der Waals surface area (Å²) >= 11 is 0. The van der Waals surface area contributed by atoms with Gasteiger partial charge in [-0.25, -0.2) is 0 Å². The van der Waals surface area contributed by atoms with Gasteiger partial charge in [0.15, 0.2) is 0 Å². The molecule has 2 heterocycles. The second-order valence-electron chi connectivity index (χ2n) is 6.00. The van der Waals surface area contributed by atoms with Crippen molar-refractivity contribution in [2.24, 2.45) is 11.7 Å². The number of nitrogens with two attached hydrogens (primary N) is 1. The summed E-state index contributed by atoms with van der Waals surface area (Å²) in [5.41, 5.74) is 6.20. The fourth-order valence-electron chi connectivity index (χ4n) is 3.28. The van der Waals surface area contributed by atoms with E-state index in [0.29, 0.717) is 12.0 Å². The van der Waals surface area contributed by atoms with Crippen LogP contribution in [0.15, 0.2) is 0 Å². The van der Waals surface area contributed by atoms with Crippen LogP contribution in [0.3, 0.4) is 0 Å². The lowest BCUT2D eigenvalue weighted by atomic mass is 9.91. The van der Waals surface area contributed by atoms with Crippen molar-refractivity contribution in [2.45, 2.75) is 51.6 Å². The molecule has 2 N–H and O–H groups in total. The van der Waals surface area contributed by atoms with E-state index in [9.17, 15) is 0 Å². The molecule has 0 aromatic carbocycles. The summed E-state index contributed by atoms with van der Waals surface area (Å²) in [5, 5.41) is 0. The van der Waals surface area contributed by atoms with Crippen molar-refractivity contribution in [1.82, 2.24) is 9.80 Å². The smallest absolute Gasteiger partial charge is 0.0194 e. The molecule has 3 heteroatoms. The first-order valence-electron chi connectivity index (χ1n) is 7.42. The zero-order valence-electron chi connectivity index (χ0n) is 11.6. The Labute approximate surface area is 106 Å². The Morgan fingerprint density at radius 2 is 1.82 bits per heavy atom. The van der Waals surface area contributed by atoms with Gasteiger partial charge in [0.25, 0.3) is 0 Å². The molecule has 2 unspecified atom stereocenters. The average molecular weight is 239 g/mol. The first kappa shape index (κ1) is 13.3. The van der Waals surface area contributed by atoms with E-state index in [1.807, 2.05) is 0 Å². The van der Waals surface area contributed by atoms with Crippen molar-refractivity contribution in [1.29, 1.82) is 0 Å². The molecule has 2 rings (SSSR count). The predicted molar refractivity (Wildman–Crippen MR) is 73.1 cm³/mol. The number of nitrogens with zero attached hydrogens (tertiary/aromatic N) is 2. The molecule has 0 spiro atoms. The van der Waals surface area contributed by atoms with E-state index in [4.69, 9.17) is 5.73 Å². The van der Waals surface area contributed by atoms with Gasteiger partial charge in [0, 0.05) is 18.6 Å². The zero-order valence-corrected chi connectivity index (χ0v) is 11.6. The molecule has 0 radical (unpaired) electrons. The van der Waals surface area contributed by atoms with Crippen LogP contribution in [0.5, 0.6) is 0 Å². The van der Waals surface area contributed by atoms with Crippen LogP contribution >= 0.6 is 0 Å². The van der Waals surface area contributed by atoms with Crippen molar-refractivity contribution in [3.05, 3.63) is 0 Å². The number of hydrogen-bond donors (Lipinski definition) is 1. The van der Waals surface area contributed by atoms with Crippen molar-refractivity contribution >= 4 is 0 Å². The largest absolute Gasteiger partial charge is 0.326 e. The molecule has 0 saturated carbocycles. The molecule has 2 aliphatic heterocycles. The molecule has 2 aliphatic rings. The van der Waals surface area contributed by atoms with Gasteiger partial charge >= 0.3 is 0 Å². The summed E-state index contributed by atoms with van der Waals surface area (Å²) in [5.74, 6) is 0.714. The quantitative estimate of drug-likeness (QED) is 0.811. The Kier molecular flexibility index (Phi) is 4.83. The number of piperidine rings is 2. The fraction of sp³-hybridized carbons (Fsp3) is 1.00. The van der Waals surface area contributed by atoms with Gasteiger partial charge in [-0.3, -0.25) is 4.90 Å². The minimum Gasteiger partial charge on any atom is -0.326 e. The molecule has 17 heavy (non-hydrogen) atoms. The minimum absolute atomic E-state index is 0.400. The summed E-state index contributed by atoms with van der Waals surface area (Å²) < 4.78 is 0. The van der Waals surface area contributed by atoms with E-state index in [-0.39, 0.29) is 0 Å². The molecule has 0 amide bonds. The van der Waals surface area contributed by atoms with Crippen LogP contribution in [0.1, 0.15) is 39.5 Å². The summed E-state index contributed by atoms with van der Waals surface area (Å²) in [6.45, 7) is 10.8. The summed E-state index contributed by atoms with van der Waals surface area (Å²) in [7, 11) is 0. The number of likely N-dealkylation sites (tertiary alicyclic amines) is 2. The first-order chi connectivity index (χ1) is 8.20. The van der Waals surface area contributed by atoms with E-state index < -0.39 is 0 Å². The summed E-state index contributed by atoms with van der Waals surface area (Å²) in [4.78, 5) is 5.27. The van der Waals surface area contributed by atoms with Gasteiger partial charge < -0.3 is 10.6 Å². The third-order valence-corrected chi connectivity index (χ3v) is 4.66. The highest BCUT2D eigenvalue weighted by Crippen LogP contribution is 2.23. The van der Waals surface area contributed by atoms with Crippen molar-refractivity contribution in [3.63, 3.8) is 0 Å². The van der Waals surface area contributed by atoms with Crippen LogP contribution < -0.4 is 5.73 Å². The summed E-state index contributed by atoms with van der Waals surface area (Å²) in [6, 6.07) is 1.21. The van der Waals surface area contributed by atoms with Gasteiger partial charge in [0.2, 0.25) is 0 Å². The highest BCUT2D eigenvalue weighted by Gasteiger charge is 2.30. The maximum Gasteiger partial charge on any atom is 0.0194 e. The molecule has 0 aromatic rings. The molecule has 3 nitrogen and oxygen atoms in total. The molecule has 0 bridgehead atoms. The van der Waals surface area contributed by atoms with E-state index in [1.54, 1.807) is 0 Å². The second-order valence-corrected chi connectivity index (χ2v) is 6.00. The van der Waals surface area contributed by atoms with Crippen LogP contribution in [0.2, 0.25) is 0 Å². The van der Waals surface area contributed by atoms with Crippen LogP contribution in [0.25, 0.3) is 0 Å². The second kappa shape index (κ2) is 6.17. The van der Waals surface area contributed by atoms with Crippen LogP contribution in [-0.4, -0.2) is 54.6 Å². The lowest BCUT2D eigenvalue weighted by molar-refractivity contribution is 0.0710. The number of rotatable bonds is 3. The van der Waals surface area contributed by atoms with Crippen LogP contribution in [-0.2, 0) is 0 Å². The Bertz CT molecular complexity index is 224. The Morgan fingerprint density at radius 3 is 2.41 bits per heavy atom. The minimum atomic E-state index is 0.400. The molecule has 100 valence electrons. The van der Waals surface area contributed by atoms with Gasteiger partial charge in [0.05, 0.1) is 0 Å². The van der Waals surface area contributed by atoms with Gasteiger partial charge in [-0.2, -0.15) is 0 Å². The Balaban J connectivity index is 1.77. The van der Waals surface area contributed by atoms with E-state index in [0.717, 1.165) is 12.6 Å². The van der Waals surface area contributed by atoms with Gasteiger partial charge in [-0.05, 0) is 57.8 Å². The van der Waals surface area contributed by atoms with Crippen molar-refractivity contribution < 1.29 is 0 Å². The molecular formula is C14H29N3. The van der Waals surface area contributed by atoms with Crippen LogP contribution in [0, 0.1) is 5.92 Å². The molecule has 2 saturated heterocycles. The van der Waals surface area contributed by atoms with Crippen molar-refractivity contribution in [3.8, 4) is 0 Å². The lowest BCUT2D eigenvalue weighted by Crippen LogP contribution is -2.53. The normalized spacial score (nSPS) is 34.1. The monoisotopic (exact) mass is 239 g/mol. The average Bonchev–Trinajstić information content (AvgIpc) is 2.34. The standard InChI is InChI=1S/C14H29N3/c1-3-7-16-8-5-13(6-9-16)17-10-4-12(2)14(15)11-17/h12-14H,3-11,15H2,1-2H3. The highest BCUT2D eigenvalue weighted by atomic mass is 15.2. The Hall–Kier alpha value is -0.120. The third-order valence-electron chi connectivity index (χ3n) is 4.66. The van der Waals surface area contributed by atoms with E-state index in [2.05, 4.69) is 23.6 Å². The van der Waals surface area contributed by atoms with Crippen molar-refractivity contribution in [2.75, 3.05) is 32.7 Å². The molecular weight excluding hydrogens is 210 g/mol. The highest BCUT2D eigenvalue weighted by molar-refractivity contribution is 4.87. The third kappa shape index (κ3) is 3.43. The number of hydrogen-bond acceptors (Lipinski definition) is 3. The topological polar surface area (TPSA) is 32.5 Å². The SMILES string of the molecule is CCCN1CCC(N2CCC(C)C(N)C2)CC1. The maximum absolute atomic E-state index is 6.20. The fourth-order valence-corrected chi connectivity index (χ4v) is 3.28. The molecule has 0 aromatic heterocycles. The maximum atomic E-state index is 6.20. The Morgan fingerprint density at radius 1 is 1.12 bits per heavy atom. The van der Waals surface area contributed by atoms with E-state index in [1.165, 1.54) is 51.9 Å². The molecule has 0 aliphatic carbocycles.